The number of hydrazine groups is 1. The second kappa shape index (κ2) is 25.9. The minimum atomic E-state index is -5.23. The third kappa shape index (κ3) is 15.4. The van der Waals surface area contributed by atoms with Gasteiger partial charge >= 0.3 is 31.1 Å². The molecule has 1 unspecified atom stereocenters. The Hall–Kier alpha value is -7.22. The highest BCUT2D eigenvalue weighted by Crippen LogP contribution is 2.42. The summed E-state index contributed by atoms with van der Waals surface area (Å²) in [6.07, 6.45) is -11.7. The van der Waals surface area contributed by atoms with Crippen molar-refractivity contribution in [3.63, 3.8) is 0 Å². The van der Waals surface area contributed by atoms with E-state index in [0.29, 0.717) is 62.0 Å². The first-order chi connectivity index (χ1) is 37.5. The lowest BCUT2D eigenvalue weighted by Crippen LogP contribution is -2.63. The molecule has 4 amide bonds. The van der Waals surface area contributed by atoms with E-state index >= 15 is 8.78 Å². The van der Waals surface area contributed by atoms with E-state index in [9.17, 15) is 59.4 Å². The Morgan fingerprint density at radius 2 is 1.35 bits per heavy atom. The van der Waals surface area contributed by atoms with Gasteiger partial charge in [0.1, 0.15) is 29.5 Å². The number of aliphatic hydroxyl groups excluding tert-OH is 1. The lowest BCUT2D eigenvalue weighted by atomic mass is 9.82. The van der Waals surface area contributed by atoms with Crippen LogP contribution in [0.3, 0.4) is 0 Å². The van der Waals surface area contributed by atoms with Crippen LogP contribution in [0.4, 0.5) is 59.3 Å². The van der Waals surface area contributed by atoms with Crippen LogP contribution in [-0.2, 0) is 36.8 Å². The first kappa shape index (κ1) is 62.0. The molecule has 4 aromatic rings. The number of carbonyl (C=O) groups is 4. The van der Waals surface area contributed by atoms with Gasteiger partial charge in [-0.25, -0.2) is 33.0 Å². The number of pyridine rings is 1. The molecule has 6 rings (SSSR count). The van der Waals surface area contributed by atoms with E-state index in [1.54, 1.807) is 11.5 Å². The van der Waals surface area contributed by atoms with Crippen LogP contribution < -0.4 is 26.3 Å². The van der Waals surface area contributed by atoms with E-state index in [-0.39, 0.29) is 21.4 Å². The molecule has 0 saturated carbocycles. The molecule has 0 spiro atoms. The number of alkyl halides is 8. The summed E-state index contributed by atoms with van der Waals surface area (Å²) in [6, 6.07) is 4.70. The number of carbonyl (C=O) groups excluding carboxylic acids is 4. The molecular formula is C52H60F10N10O8. The van der Waals surface area contributed by atoms with Crippen molar-refractivity contribution in [1.29, 1.82) is 0 Å². The molecule has 5 N–H and O–H groups in total. The Morgan fingerprint density at radius 3 is 1.85 bits per heavy atom. The molecular weight excluding hydrogens is 1080 g/mol. The van der Waals surface area contributed by atoms with Crippen LogP contribution in [0.25, 0.3) is 11.1 Å². The standard InChI is InChI=1S/C52H60F10N10O8/c1-49(2,51(57,58)59)42(66-47(76)78-5)44(74)65-39(21-31-10-7-30(8-11-31)9-12-32-13-14-41(63-24-32)70-18-16-69(17-19-70)35-15-20-80-29-35)40(73)28-71(68-45(75)43(67-48(77)79-6)50(3,4)52(60,61)62)27-36-37(53)22-33(23-38(36)54)34-25-64-72(26-34)46(55)56/h7-8,10-11,13-14,22-26,35,39-40,42-43,46,73H,15-21,27-29H2,1-6H3,(H,65,74)(H,66,76)(H,67,77)(H,68,75)/t35?,39-,40-,42+,43+/m0/s1. The summed E-state index contributed by atoms with van der Waals surface area (Å²) in [6.45, 7) is 1.67. The number of anilines is 1. The Balaban J connectivity index is 1.31. The normalized spacial score (nSPS) is 17.0. The van der Waals surface area contributed by atoms with E-state index in [0.717, 1.165) is 78.2 Å². The third-order valence-corrected chi connectivity index (χ3v) is 14.0. The molecule has 0 aliphatic carbocycles. The molecule has 2 aromatic carbocycles. The number of rotatable bonds is 19. The van der Waals surface area contributed by atoms with Gasteiger partial charge in [-0.05, 0) is 88.1 Å². The quantitative estimate of drug-likeness (QED) is 0.0388. The highest BCUT2D eigenvalue weighted by atomic mass is 19.4. The van der Waals surface area contributed by atoms with Gasteiger partial charge in [-0.15, -0.1) is 0 Å². The molecule has 2 aromatic heterocycles. The van der Waals surface area contributed by atoms with Gasteiger partial charge < -0.3 is 40.2 Å². The van der Waals surface area contributed by atoms with Crippen LogP contribution in [0.1, 0.15) is 62.9 Å². The molecule has 436 valence electrons. The van der Waals surface area contributed by atoms with Gasteiger partial charge in [0.25, 0.3) is 5.91 Å². The summed E-state index contributed by atoms with van der Waals surface area (Å²) in [4.78, 5) is 62.0. The molecule has 18 nitrogen and oxygen atoms in total. The molecule has 2 fully saturated rings. The molecule has 5 atom stereocenters. The fraction of sp³-hybridized carbons (Fsp3) is 0.500. The van der Waals surface area contributed by atoms with Crippen molar-refractivity contribution in [3.05, 3.63) is 101 Å². The van der Waals surface area contributed by atoms with Crippen molar-refractivity contribution in [3.8, 4) is 23.0 Å². The van der Waals surface area contributed by atoms with Crippen molar-refractivity contribution in [2.24, 2.45) is 10.8 Å². The van der Waals surface area contributed by atoms with Crippen molar-refractivity contribution < 1.29 is 82.4 Å². The third-order valence-electron chi connectivity index (χ3n) is 14.0. The minimum absolute atomic E-state index is 0.174. The second-order valence-corrected chi connectivity index (χ2v) is 20.1. The number of methoxy groups -OCH3 is 2. The van der Waals surface area contributed by atoms with Gasteiger partial charge in [0.15, 0.2) is 0 Å². The Bertz CT molecular complexity index is 2820. The van der Waals surface area contributed by atoms with E-state index in [4.69, 9.17) is 4.74 Å². The van der Waals surface area contributed by atoms with E-state index < -0.39 is 115 Å². The summed E-state index contributed by atoms with van der Waals surface area (Å²) in [5.74, 6) is 0.735. The maximum Gasteiger partial charge on any atom is 0.407 e. The number of benzene rings is 2. The monoisotopic (exact) mass is 1140 g/mol. The zero-order chi connectivity index (χ0) is 58.9. The van der Waals surface area contributed by atoms with Crippen LogP contribution in [0.5, 0.6) is 0 Å². The number of ether oxygens (including phenoxy) is 3. The van der Waals surface area contributed by atoms with Crippen LogP contribution in [0, 0.1) is 34.3 Å². The number of amides is 4. The number of alkyl carbamates (subject to hydrolysis) is 2. The fourth-order valence-electron chi connectivity index (χ4n) is 8.70. The molecule has 2 aliphatic rings. The average Bonchev–Trinajstić information content (AvgIpc) is 4.22. The maximum absolute atomic E-state index is 16.0. The van der Waals surface area contributed by atoms with Crippen molar-refractivity contribution in [1.82, 2.24) is 46.0 Å². The molecule has 2 aliphatic heterocycles. The summed E-state index contributed by atoms with van der Waals surface area (Å²) in [5, 5.41) is 21.9. The van der Waals surface area contributed by atoms with Crippen molar-refractivity contribution >= 4 is 29.8 Å². The fourth-order valence-corrected chi connectivity index (χ4v) is 8.70. The Kier molecular flexibility index (Phi) is 20.1. The Labute approximate surface area is 453 Å². The smallest absolute Gasteiger partial charge is 0.407 e. The predicted molar refractivity (Wildman–Crippen MR) is 267 cm³/mol. The zero-order valence-corrected chi connectivity index (χ0v) is 44.2. The van der Waals surface area contributed by atoms with Crippen LogP contribution in [0.15, 0.2) is 67.1 Å². The average molecular weight is 1140 g/mol. The van der Waals surface area contributed by atoms with Gasteiger partial charge in [-0.1, -0.05) is 24.0 Å². The van der Waals surface area contributed by atoms with E-state index in [1.165, 1.54) is 24.3 Å². The zero-order valence-electron chi connectivity index (χ0n) is 44.2. The first-order valence-electron chi connectivity index (χ1n) is 24.8. The van der Waals surface area contributed by atoms with Crippen LogP contribution in [-0.4, -0.2) is 157 Å². The van der Waals surface area contributed by atoms with E-state index in [2.05, 4.69) is 46.5 Å². The highest BCUT2D eigenvalue weighted by Gasteiger charge is 2.57. The summed E-state index contributed by atoms with van der Waals surface area (Å²) in [7, 11) is 1.60. The van der Waals surface area contributed by atoms with Gasteiger partial charge in [0, 0.05) is 86.6 Å². The number of piperazine rings is 1. The van der Waals surface area contributed by atoms with Gasteiger partial charge in [0.2, 0.25) is 5.91 Å². The summed E-state index contributed by atoms with van der Waals surface area (Å²) >= 11 is 0. The van der Waals surface area contributed by atoms with Crippen LogP contribution in [0.2, 0.25) is 0 Å². The van der Waals surface area contributed by atoms with Crippen molar-refractivity contribution in [2.45, 2.75) is 96.3 Å². The summed E-state index contributed by atoms with van der Waals surface area (Å²) < 4.78 is 161. The summed E-state index contributed by atoms with van der Waals surface area (Å²) in [5.41, 5.74) is -4.24. The molecule has 2 saturated heterocycles. The number of aromatic nitrogens is 3. The lowest BCUT2D eigenvalue weighted by Gasteiger charge is -2.38. The van der Waals surface area contributed by atoms with Gasteiger partial charge in [-0.2, -0.15) is 40.2 Å². The second-order valence-electron chi connectivity index (χ2n) is 20.1. The topological polar surface area (TPSA) is 205 Å². The largest absolute Gasteiger partial charge is 0.453 e. The Morgan fingerprint density at radius 1 is 0.787 bits per heavy atom. The van der Waals surface area contributed by atoms with Crippen LogP contribution >= 0.6 is 0 Å². The molecule has 0 radical (unpaired) electrons. The van der Waals surface area contributed by atoms with Gasteiger partial charge in [0.05, 0.1) is 50.0 Å². The molecule has 80 heavy (non-hydrogen) atoms. The predicted octanol–water partition coefficient (Wildman–Crippen LogP) is 6.48. The van der Waals surface area contributed by atoms with Crippen molar-refractivity contribution in [2.75, 3.05) is 65.1 Å². The SMILES string of the molecule is COC(=O)N[C@H](C(=O)N[C@@H](Cc1ccc(C#Cc2ccc(N3CCN(C4CCOC4)CC3)nc2)cc1)[C@@H](O)CN(Cc1c(F)cc(-c2cnn(C(F)F)c2)cc1F)NC(=O)[C@@H](NC(=O)OC)C(C)(C)C(F)(F)F)C(C)(C)C(F)(F)F. The molecule has 4 heterocycles. The highest BCUT2D eigenvalue weighted by molar-refractivity contribution is 5.87. The minimum Gasteiger partial charge on any atom is -0.453 e. The molecule has 28 heteroatoms. The number of nitrogens with one attached hydrogen (secondary N) is 4. The van der Waals surface area contributed by atoms with E-state index in [1.807, 2.05) is 22.9 Å². The number of nitrogens with zero attached hydrogens (tertiary/aromatic N) is 6. The number of halogens is 10. The van der Waals surface area contributed by atoms with Gasteiger partial charge in [-0.3, -0.25) is 19.9 Å². The number of hydrogen-bond donors (Lipinski definition) is 5. The number of hydrogen-bond acceptors (Lipinski definition) is 13. The first-order valence-corrected chi connectivity index (χ1v) is 24.8. The maximum atomic E-state index is 16.0. The lowest BCUT2D eigenvalue weighted by molar-refractivity contribution is -0.221. The number of aliphatic hydroxyl groups is 1. The molecule has 0 bridgehead atoms.